The fourth-order valence-corrected chi connectivity index (χ4v) is 4.13. The normalized spacial score (nSPS) is 20.5. The molecule has 3 rings (SSSR count). The first-order valence-corrected chi connectivity index (χ1v) is 9.51. The Kier molecular flexibility index (Phi) is 6.37. The predicted molar refractivity (Wildman–Crippen MR) is 99.1 cm³/mol. The van der Waals surface area contributed by atoms with Crippen LogP contribution in [0.2, 0.25) is 6.82 Å². The number of carbonyl (C=O) groups is 1. The minimum atomic E-state index is -0.331. The molecule has 2 aliphatic rings. The molecule has 0 bridgehead atoms. The molecule has 6 heteroatoms. The Morgan fingerprint density at radius 1 is 1.08 bits per heavy atom. The Morgan fingerprint density at radius 2 is 1.64 bits per heavy atom. The van der Waals surface area contributed by atoms with E-state index in [4.69, 9.17) is 4.74 Å². The van der Waals surface area contributed by atoms with Gasteiger partial charge in [0.05, 0.1) is 0 Å². The standard InChI is InChI=1S/C19H29BN2O3/c1-20(24)22-13-9-18(10-14-22)17-7-11-21(12-8-17)19(23)25-15-16-5-3-2-4-6-16/h2-6,17-18,24H,7-15H2,1H3. The fraction of sp³-hybridized carbons (Fsp3) is 0.632. The van der Waals surface area contributed by atoms with Crippen molar-refractivity contribution in [3.63, 3.8) is 0 Å². The number of hydrogen-bond acceptors (Lipinski definition) is 4. The highest BCUT2D eigenvalue weighted by Gasteiger charge is 2.32. The van der Waals surface area contributed by atoms with Gasteiger partial charge < -0.3 is 19.5 Å². The Bertz CT molecular complexity index is 539. The topological polar surface area (TPSA) is 53.0 Å². The molecule has 2 fully saturated rings. The molecule has 0 aliphatic carbocycles. The molecule has 1 amide bonds. The summed E-state index contributed by atoms with van der Waals surface area (Å²) in [6.07, 6.45) is 4.27. The zero-order chi connectivity index (χ0) is 17.6. The van der Waals surface area contributed by atoms with Gasteiger partial charge in [-0.25, -0.2) is 4.79 Å². The number of benzene rings is 1. The first-order chi connectivity index (χ1) is 12.1. The molecule has 2 aliphatic heterocycles. The van der Waals surface area contributed by atoms with E-state index >= 15 is 0 Å². The van der Waals surface area contributed by atoms with Gasteiger partial charge in [-0.3, -0.25) is 0 Å². The Balaban J connectivity index is 1.39. The van der Waals surface area contributed by atoms with Crippen LogP contribution in [0.15, 0.2) is 30.3 Å². The van der Waals surface area contributed by atoms with Crippen molar-refractivity contribution in [2.24, 2.45) is 11.8 Å². The first kappa shape index (κ1) is 18.3. The van der Waals surface area contributed by atoms with Crippen LogP contribution in [0.4, 0.5) is 4.79 Å². The van der Waals surface area contributed by atoms with Gasteiger partial charge in [-0.1, -0.05) is 30.3 Å². The van der Waals surface area contributed by atoms with E-state index in [1.165, 1.54) is 0 Å². The van der Waals surface area contributed by atoms with E-state index in [0.717, 1.165) is 63.3 Å². The first-order valence-electron chi connectivity index (χ1n) is 9.51. The lowest BCUT2D eigenvalue weighted by atomic mass is 9.75. The maximum absolute atomic E-state index is 12.2. The molecule has 5 nitrogen and oxygen atoms in total. The van der Waals surface area contributed by atoms with Gasteiger partial charge in [-0.05, 0) is 63.0 Å². The van der Waals surface area contributed by atoms with E-state index in [2.05, 4.69) is 4.81 Å². The van der Waals surface area contributed by atoms with Crippen LogP contribution < -0.4 is 0 Å². The van der Waals surface area contributed by atoms with Crippen molar-refractivity contribution in [1.29, 1.82) is 0 Å². The average Bonchev–Trinajstić information content (AvgIpc) is 2.67. The van der Waals surface area contributed by atoms with Crippen LogP contribution in [-0.4, -0.2) is 54.1 Å². The summed E-state index contributed by atoms with van der Waals surface area (Å²) in [6, 6.07) is 9.81. The Hall–Kier alpha value is -1.53. The van der Waals surface area contributed by atoms with E-state index in [9.17, 15) is 9.82 Å². The molecule has 0 saturated carbocycles. The number of likely N-dealkylation sites (tertiary alicyclic amines) is 1. The maximum Gasteiger partial charge on any atom is 0.410 e. The monoisotopic (exact) mass is 344 g/mol. The van der Waals surface area contributed by atoms with Crippen LogP contribution >= 0.6 is 0 Å². The largest absolute Gasteiger partial charge is 0.445 e. The van der Waals surface area contributed by atoms with Crippen LogP contribution in [0.25, 0.3) is 0 Å². The van der Waals surface area contributed by atoms with Crippen LogP contribution in [0, 0.1) is 11.8 Å². The SMILES string of the molecule is CB(O)N1CCC(C2CCN(C(=O)OCc3ccccc3)CC2)CC1. The third-order valence-electron chi connectivity index (χ3n) is 5.77. The molecule has 1 aromatic rings. The summed E-state index contributed by atoms with van der Waals surface area (Å²) in [6.45, 7) is 5.77. The van der Waals surface area contributed by atoms with E-state index < -0.39 is 0 Å². The lowest BCUT2D eigenvalue weighted by Crippen LogP contribution is -2.46. The van der Waals surface area contributed by atoms with Gasteiger partial charge in [0, 0.05) is 13.1 Å². The summed E-state index contributed by atoms with van der Waals surface area (Å²) < 4.78 is 5.44. The zero-order valence-electron chi connectivity index (χ0n) is 15.1. The molecule has 1 N–H and O–H groups in total. The quantitative estimate of drug-likeness (QED) is 0.854. The maximum atomic E-state index is 12.2. The molecule has 0 radical (unpaired) electrons. The summed E-state index contributed by atoms with van der Waals surface area (Å²) in [5, 5.41) is 9.67. The van der Waals surface area contributed by atoms with Gasteiger partial charge >= 0.3 is 13.1 Å². The summed E-state index contributed by atoms with van der Waals surface area (Å²) in [5.74, 6) is 1.44. The van der Waals surface area contributed by atoms with Crippen molar-refractivity contribution >= 4 is 13.1 Å². The molecule has 0 spiro atoms. The number of rotatable bonds is 4. The number of piperidine rings is 2. The Labute approximate surface area is 151 Å². The van der Waals surface area contributed by atoms with Gasteiger partial charge in [0.2, 0.25) is 0 Å². The number of amides is 1. The van der Waals surface area contributed by atoms with Gasteiger partial charge in [0.15, 0.2) is 0 Å². The van der Waals surface area contributed by atoms with Crippen molar-refractivity contribution in [2.45, 2.75) is 39.1 Å². The average molecular weight is 344 g/mol. The third kappa shape index (κ3) is 4.99. The smallest absolute Gasteiger partial charge is 0.410 e. The van der Waals surface area contributed by atoms with Crippen LogP contribution in [-0.2, 0) is 11.3 Å². The minimum Gasteiger partial charge on any atom is -0.445 e. The predicted octanol–water partition coefficient (Wildman–Crippen LogP) is 2.86. The van der Waals surface area contributed by atoms with Gasteiger partial charge in [-0.2, -0.15) is 0 Å². The van der Waals surface area contributed by atoms with Gasteiger partial charge in [0.25, 0.3) is 0 Å². The highest BCUT2D eigenvalue weighted by Crippen LogP contribution is 2.32. The highest BCUT2D eigenvalue weighted by atomic mass is 16.6. The van der Waals surface area contributed by atoms with E-state index in [-0.39, 0.29) is 13.1 Å². The number of carbonyl (C=O) groups excluding carboxylic acids is 1. The second-order valence-electron chi connectivity index (χ2n) is 7.37. The van der Waals surface area contributed by atoms with Crippen molar-refractivity contribution in [3.8, 4) is 0 Å². The molecular formula is C19H29BN2O3. The molecule has 0 unspecified atom stereocenters. The molecule has 2 heterocycles. The van der Waals surface area contributed by atoms with E-state index in [1.54, 1.807) is 0 Å². The van der Waals surface area contributed by atoms with E-state index in [0.29, 0.717) is 12.5 Å². The molecule has 136 valence electrons. The second-order valence-corrected chi connectivity index (χ2v) is 7.37. The van der Waals surface area contributed by atoms with Crippen LogP contribution in [0.3, 0.4) is 0 Å². The number of ether oxygens (including phenoxy) is 1. The highest BCUT2D eigenvalue weighted by molar-refractivity contribution is 6.45. The van der Waals surface area contributed by atoms with Gasteiger partial charge in [-0.15, -0.1) is 0 Å². The second kappa shape index (κ2) is 8.72. The van der Waals surface area contributed by atoms with Crippen molar-refractivity contribution in [2.75, 3.05) is 26.2 Å². The third-order valence-corrected chi connectivity index (χ3v) is 5.77. The van der Waals surface area contributed by atoms with Crippen LogP contribution in [0.5, 0.6) is 0 Å². The van der Waals surface area contributed by atoms with E-state index in [1.807, 2.05) is 42.1 Å². The van der Waals surface area contributed by atoms with Crippen molar-refractivity contribution in [1.82, 2.24) is 9.71 Å². The number of nitrogens with zero attached hydrogens (tertiary/aromatic N) is 2. The molecule has 0 atom stereocenters. The fourth-order valence-electron chi connectivity index (χ4n) is 4.13. The molecule has 0 aromatic heterocycles. The van der Waals surface area contributed by atoms with Gasteiger partial charge in [0.1, 0.15) is 6.61 Å². The minimum absolute atomic E-state index is 0.189. The molecule has 25 heavy (non-hydrogen) atoms. The summed E-state index contributed by atoms with van der Waals surface area (Å²) in [4.78, 5) is 16.2. The summed E-state index contributed by atoms with van der Waals surface area (Å²) >= 11 is 0. The molecule has 2 saturated heterocycles. The summed E-state index contributed by atoms with van der Waals surface area (Å²) in [5.41, 5.74) is 1.02. The Morgan fingerprint density at radius 3 is 2.20 bits per heavy atom. The van der Waals surface area contributed by atoms with Crippen molar-refractivity contribution in [3.05, 3.63) is 35.9 Å². The lowest BCUT2D eigenvalue weighted by Gasteiger charge is -2.40. The molecular weight excluding hydrogens is 315 g/mol. The summed E-state index contributed by atoms with van der Waals surface area (Å²) in [7, 11) is -0.331. The van der Waals surface area contributed by atoms with Crippen LogP contribution in [0.1, 0.15) is 31.2 Å². The number of hydrogen-bond donors (Lipinski definition) is 1. The molecule has 1 aromatic carbocycles. The zero-order valence-corrected chi connectivity index (χ0v) is 15.1. The lowest BCUT2D eigenvalue weighted by molar-refractivity contribution is 0.0692. The van der Waals surface area contributed by atoms with Crippen molar-refractivity contribution < 1.29 is 14.6 Å².